The van der Waals surface area contributed by atoms with Crippen molar-refractivity contribution in [1.29, 1.82) is 0 Å². The number of nitrogens with zero attached hydrogens (tertiary/aromatic N) is 2. The first kappa shape index (κ1) is 20.4. The number of H-pyrrole nitrogens is 1. The number of halogens is 1. The predicted molar refractivity (Wildman–Crippen MR) is 121 cm³/mol. The average Bonchev–Trinajstić information content (AvgIpc) is 3.21. The number of rotatable bonds is 6. The molecule has 0 aliphatic rings. The van der Waals surface area contributed by atoms with Crippen LogP contribution >= 0.6 is 11.6 Å². The second kappa shape index (κ2) is 8.89. The lowest BCUT2D eigenvalue weighted by Crippen LogP contribution is -2.17. The van der Waals surface area contributed by atoms with Gasteiger partial charge in [-0.05, 0) is 42.8 Å². The van der Waals surface area contributed by atoms with Crippen LogP contribution in [0.1, 0.15) is 22.8 Å². The van der Waals surface area contributed by atoms with Gasteiger partial charge in [-0.2, -0.15) is 5.10 Å². The highest BCUT2D eigenvalue weighted by molar-refractivity contribution is 6.32. The monoisotopic (exact) mass is 434 g/mol. The molecule has 0 unspecified atom stereocenters. The van der Waals surface area contributed by atoms with Crippen LogP contribution < -0.4 is 10.2 Å². The van der Waals surface area contributed by atoms with Crippen molar-refractivity contribution < 1.29 is 14.6 Å². The van der Waals surface area contributed by atoms with Crippen LogP contribution in [-0.2, 0) is 0 Å². The smallest absolute Gasteiger partial charge is 0.271 e. The van der Waals surface area contributed by atoms with E-state index < -0.39 is 0 Å². The number of carbonyl (C=O) groups excluding carboxylic acids is 1. The summed E-state index contributed by atoms with van der Waals surface area (Å²) in [5, 5.41) is 14.0. The molecule has 1 amide bonds. The van der Waals surface area contributed by atoms with Gasteiger partial charge in [0.05, 0.1) is 28.9 Å². The van der Waals surface area contributed by atoms with Gasteiger partial charge in [-0.25, -0.2) is 10.4 Å². The van der Waals surface area contributed by atoms with Gasteiger partial charge >= 0.3 is 0 Å². The standard InChI is InChI=1S/C23H19ClN4O3/c1-2-31-20-11-14(10-17(24)21(20)29)13-25-28-23(30)16-8-9-18-19(12-16)27-22(26-18)15-6-4-3-5-7-15/h3-13,29H,2H2,1H3,(H,26,27)(H,28,30)/b25-13+. The third kappa shape index (κ3) is 4.51. The Kier molecular flexibility index (Phi) is 5.86. The number of carbonyl (C=O) groups is 1. The minimum atomic E-state index is -0.371. The van der Waals surface area contributed by atoms with E-state index in [-0.39, 0.29) is 22.4 Å². The highest BCUT2D eigenvalue weighted by Crippen LogP contribution is 2.34. The summed E-state index contributed by atoms with van der Waals surface area (Å²) in [7, 11) is 0. The van der Waals surface area contributed by atoms with Crippen molar-refractivity contribution in [2.45, 2.75) is 6.92 Å². The molecule has 3 aromatic carbocycles. The fourth-order valence-electron chi connectivity index (χ4n) is 3.05. The first-order valence-corrected chi connectivity index (χ1v) is 9.97. The molecule has 156 valence electrons. The number of phenolic OH excluding ortho intramolecular Hbond substituents is 1. The van der Waals surface area contributed by atoms with Crippen molar-refractivity contribution in [2.75, 3.05) is 6.61 Å². The molecule has 0 saturated heterocycles. The Morgan fingerprint density at radius 2 is 2.03 bits per heavy atom. The zero-order valence-corrected chi connectivity index (χ0v) is 17.3. The van der Waals surface area contributed by atoms with E-state index >= 15 is 0 Å². The van der Waals surface area contributed by atoms with Crippen LogP contribution in [-0.4, -0.2) is 33.8 Å². The summed E-state index contributed by atoms with van der Waals surface area (Å²) in [6.45, 7) is 2.18. The summed E-state index contributed by atoms with van der Waals surface area (Å²) in [5.41, 5.74) is 5.98. The van der Waals surface area contributed by atoms with E-state index in [1.54, 1.807) is 31.2 Å². The molecule has 0 spiro atoms. The molecular formula is C23H19ClN4O3. The van der Waals surface area contributed by atoms with Gasteiger partial charge in [-0.3, -0.25) is 4.79 Å². The molecule has 4 rings (SSSR count). The van der Waals surface area contributed by atoms with Crippen molar-refractivity contribution >= 4 is 34.8 Å². The van der Waals surface area contributed by atoms with E-state index in [0.717, 1.165) is 22.4 Å². The van der Waals surface area contributed by atoms with Gasteiger partial charge in [0.2, 0.25) is 0 Å². The van der Waals surface area contributed by atoms with E-state index in [2.05, 4.69) is 20.5 Å². The molecule has 0 fully saturated rings. The summed E-state index contributed by atoms with van der Waals surface area (Å²) in [4.78, 5) is 20.3. The average molecular weight is 435 g/mol. The fraction of sp³-hybridized carbons (Fsp3) is 0.0870. The molecule has 1 heterocycles. The van der Waals surface area contributed by atoms with Crippen molar-refractivity contribution in [3.05, 3.63) is 76.8 Å². The first-order valence-electron chi connectivity index (χ1n) is 9.59. The van der Waals surface area contributed by atoms with E-state index in [9.17, 15) is 9.90 Å². The normalized spacial score (nSPS) is 11.2. The molecule has 7 nitrogen and oxygen atoms in total. The lowest BCUT2D eigenvalue weighted by Gasteiger charge is -2.08. The Morgan fingerprint density at radius 3 is 2.81 bits per heavy atom. The molecule has 4 aromatic rings. The Labute approximate surface area is 183 Å². The zero-order valence-electron chi connectivity index (χ0n) is 16.6. The van der Waals surface area contributed by atoms with Crippen molar-refractivity contribution in [1.82, 2.24) is 15.4 Å². The second-order valence-electron chi connectivity index (χ2n) is 6.66. The van der Waals surface area contributed by atoms with Gasteiger partial charge in [0.1, 0.15) is 5.82 Å². The number of fused-ring (bicyclic) bond motifs is 1. The number of aromatic nitrogens is 2. The maximum atomic E-state index is 12.5. The third-order valence-corrected chi connectivity index (χ3v) is 4.81. The molecule has 0 radical (unpaired) electrons. The molecule has 0 aliphatic heterocycles. The van der Waals surface area contributed by atoms with Crippen LogP contribution in [0.4, 0.5) is 0 Å². The maximum Gasteiger partial charge on any atom is 0.271 e. The number of phenols is 1. The summed E-state index contributed by atoms with van der Waals surface area (Å²) in [5.74, 6) is 0.485. The van der Waals surface area contributed by atoms with Crippen LogP contribution in [0.3, 0.4) is 0 Å². The van der Waals surface area contributed by atoms with Gasteiger partial charge in [-0.15, -0.1) is 0 Å². The largest absolute Gasteiger partial charge is 0.503 e. The Hall–Kier alpha value is -3.84. The van der Waals surface area contributed by atoms with E-state index in [1.807, 2.05) is 30.3 Å². The van der Waals surface area contributed by atoms with Crippen LogP contribution in [0.15, 0.2) is 65.8 Å². The van der Waals surface area contributed by atoms with Crippen LogP contribution in [0.5, 0.6) is 11.5 Å². The van der Waals surface area contributed by atoms with Gasteiger partial charge in [0, 0.05) is 11.1 Å². The molecule has 0 saturated carbocycles. The predicted octanol–water partition coefficient (Wildman–Crippen LogP) is 4.75. The molecular weight excluding hydrogens is 416 g/mol. The number of benzene rings is 3. The number of aromatic amines is 1. The quantitative estimate of drug-likeness (QED) is 0.301. The number of nitrogens with one attached hydrogen (secondary N) is 2. The summed E-state index contributed by atoms with van der Waals surface area (Å²) in [6.07, 6.45) is 1.42. The molecule has 8 heteroatoms. The molecule has 0 aliphatic carbocycles. The molecule has 3 N–H and O–H groups in total. The lowest BCUT2D eigenvalue weighted by molar-refractivity contribution is 0.0955. The Bertz CT molecular complexity index is 1270. The molecule has 0 bridgehead atoms. The third-order valence-electron chi connectivity index (χ3n) is 4.52. The van der Waals surface area contributed by atoms with Crippen molar-refractivity contribution in [2.24, 2.45) is 5.10 Å². The van der Waals surface area contributed by atoms with Gasteiger partial charge in [0.15, 0.2) is 11.5 Å². The zero-order chi connectivity index (χ0) is 21.8. The van der Waals surface area contributed by atoms with Gasteiger partial charge in [-0.1, -0.05) is 41.9 Å². The highest BCUT2D eigenvalue weighted by Gasteiger charge is 2.11. The fourth-order valence-corrected chi connectivity index (χ4v) is 3.27. The molecule has 1 aromatic heterocycles. The Morgan fingerprint density at radius 1 is 1.23 bits per heavy atom. The van der Waals surface area contributed by atoms with Gasteiger partial charge < -0.3 is 14.8 Å². The topological polar surface area (TPSA) is 99.6 Å². The summed E-state index contributed by atoms with van der Waals surface area (Å²) < 4.78 is 5.34. The number of imidazole rings is 1. The van der Waals surface area contributed by atoms with Gasteiger partial charge in [0.25, 0.3) is 5.91 Å². The van der Waals surface area contributed by atoms with Crippen LogP contribution in [0.25, 0.3) is 22.4 Å². The Balaban J connectivity index is 1.50. The molecule has 31 heavy (non-hydrogen) atoms. The van der Waals surface area contributed by atoms with Crippen molar-refractivity contribution in [3.8, 4) is 22.9 Å². The number of hydrogen-bond acceptors (Lipinski definition) is 5. The van der Waals surface area contributed by atoms with E-state index in [0.29, 0.717) is 17.7 Å². The number of hydrazone groups is 1. The number of amides is 1. The maximum absolute atomic E-state index is 12.5. The van der Waals surface area contributed by atoms with E-state index in [4.69, 9.17) is 16.3 Å². The van der Waals surface area contributed by atoms with E-state index in [1.165, 1.54) is 12.3 Å². The number of ether oxygens (including phenoxy) is 1. The van der Waals surface area contributed by atoms with Crippen molar-refractivity contribution in [3.63, 3.8) is 0 Å². The molecule has 0 atom stereocenters. The number of aromatic hydroxyl groups is 1. The first-order chi connectivity index (χ1) is 15.0. The lowest BCUT2D eigenvalue weighted by atomic mass is 10.2. The SMILES string of the molecule is CCOc1cc(/C=N/NC(=O)c2ccc3nc(-c4ccccc4)[nH]c3c2)cc(Cl)c1O. The number of hydrogen-bond donors (Lipinski definition) is 3. The minimum absolute atomic E-state index is 0.132. The summed E-state index contributed by atoms with van der Waals surface area (Å²) >= 11 is 6.01. The minimum Gasteiger partial charge on any atom is -0.503 e. The highest BCUT2D eigenvalue weighted by atomic mass is 35.5. The van der Waals surface area contributed by atoms with Crippen LogP contribution in [0, 0.1) is 0 Å². The van der Waals surface area contributed by atoms with Crippen LogP contribution in [0.2, 0.25) is 5.02 Å². The summed E-state index contributed by atoms with van der Waals surface area (Å²) in [6, 6.07) is 18.1. The second-order valence-corrected chi connectivity index (χ2v) is 7.07.